The summed E-state index contributed by atoms with van der Waals surface area (Å²) >= 11 is 4.84. The first kappa shape index (κ1) is 18.6. The number of hydrogen-bond acceptors (Lipinski definition) is 7. The Labute approximate surface area is 157 Å². The lowest BCUT2D eigenvalue weighted by Crippen LogP contribution is -2.52. The predicted molar refractivity (Wildman–Crippen MR) is 93.1 cm³/mol. The van der Waals surface area contributed by atoms with Gasteiger partial charge in [-0.1, -0.05) is 5.21 Å². The van der Waals surface area contributed by atoms with Gasteiger partial charge in [0, 0.05) is 12.1 Å². The molecule has 0 unspecified atom stereocenters. The fraction of sp³-hybridized carbons (Fsp3) is 0.267. The quantitative estimate of drug-likeness (QED) is 0.552. The average Bonchev–Trinajstić information content (AvgIpc) is 3.07. The maximum atomic E-state index is 14.5. The predicted octanol–water partition coefficient (Wildman–Crippen LogP) is 0.0292. The van der Waals surface area contributed by atoms with Crippen molar-refractivity contribution in [1.29, 1.82) is 0 Å². The number of hydrogen-bond donors (Lipinski definition) is 2. The molecule has 27 heavy (non-hydrogen) atoms. The average molecular weight is 396 g/mol. The lowest BCUT2D eigenvalue weighted by molar-refractivity contribution is -0.130. The molecule has 1 saturated heterocycles. The number of benzene rings is 1. The van der Waals surface area contributed by atoms with Crippen molar-refractivity contribution in [3.8, 4) is 5.69 Å². The van der Waals surface area contributed by atoms with Crippen LogP contribution < -0.4 is 15.5 Å². The highest BCUT2D eigenvalue weighted by molar-refractivity contribution is 7.80. The van der Waals surface area contributed by atoms with Gasteiger partial charge in [0.2, 0.25) is 11.8 Å². The summed E-state index contributed by atoms with van der Waals surface area (Å²) in [4.78, 5) is 23.9. The van der Waals surface area contributed by atoms with Gasteiger partial charge in [-0.3, -0.25) is 14.9 Å². The molecule has 0 radical (unpaired) electrons. The second kappa shape index (κ2) is 7.61. The van der Waals surface area contributed by atoms with Crippen LogP contribution in [0, 0.1) is 11.6 Å². The summed E-state index contributed by atoms with van der Waals surface area (Å²) in [7, 11) is 1.42. The van der Waals surface area contributed by atoms with E-state index in [1.807, 2.05) is 0 Å². The highest BCUT2D eigenvalue weighted by Gasteiger charge is 2.27. The first-order valence-corrected chi connectivity index (χ1v) is 8.08. The van der Waals surface area contributed by atoms with Crippen molar-refractivity contribution in [3.63, 3.8) is 0 Å². The zero-order chi connectivity index (χ0) is 19.6. The molecule has 1 fully saturated rings. The van der Waals surface area contributed by atoms with E-state index in [2.05, 4.69) is 20.9 Å². The summed E-state index contributed by atoms with van der Waals surface area (Å²) in [6, 6.07) is 2.09. The molecule has 3 rings (SSSR count). The Morgan fingerprint density at radius 2 is 1.93 bits per heavy atom. The zero-order valence-electron chi connectivity index (χ0n) is 14.0. The zero-order valence-corrected chi connectivity index (χ0v) is 14.8. The van der Waals surface area contributed by atoms with E-state index < -0.39 is 29.1 Å². The van der Waals surface area contributed by atoms with Gasteiger partial charge in [0.15, 0.2) is 11.6 Å². The van der Waals surface area contributed by atoms with E-state index in [4.69, 9.17) is 17.0 Å². The van der Waals surface area contributed by atoms with Gasteiger partial charge in [-0.2, -0.15) is 0 Å². The molecule has 1 aliphatic heterocycles. The molecule has 142 valence electrons. The fourth-order valence-electron chi connectivity index (χ4n) is 2.52. The largest absolute Gasteiger partial charge is 0.474 e. The monoisotopic (exact) mass is 396 g/mol. The third-order valence-electron chi connectivity index (χ3n) is 3.67. The molecule has 2 aromatic rings. The van der Waals surface area contributed by atoms with E-state index >= 15 is 0 Å². The molecule has 1 aliphatic rings. The van der Waals surface area contributed by atoms with Crippen molar-refractivity contribution in [2.75, 3.05) is 25.1 Å². The highest BCUT2D eigenvalue weighted by atomic mass is 32.1. The van der Waals surface area contributed by atoms with E-state index in [0.717, 1.165) is 17.0 Å². The van der Waals surface area contributed by atoms with Crippen molar-refractivity contribution in [1.82, 2.24) is 25.6 Å². The number of nitrogens with one attached hydrogen (secondary N) is 2. The van der Waals surface area contributed by atoms with E-state index in [1.165, 1.54) is 18.0 Å². The van der Waals surface area contributed by atoms with Crippen molar-refractivity contribution in [2.45, 2.75) is 6.54 Å². The van der Waals surface area contributed by atoms with E-state index in [1.54, 1.807) is 0 Å². The lowest BCUT2D eigenvalue weighted by atomic mass is 10.2. The third kappa shape index (κ3) is 4.16. The SMILES string of the molecule is COC(=S)NCc1cn(-c2cc(F)c(N3CC(=O)NC(=O)C3)c(F)c2)nn1. The summed E-state index contributed by atoms with van der Waals surface area (Å²) in [6.07, 6.45) is 1.47. The minimum atomic E-state index is -0.928. The van der Waals surface area contributed by atoms with Crippen molar-refractivity contribution < 1.29 is 23.1 Å². The van der Waals surface area contributed by atoms with Crippen LogP contribution in [0.15, 0.2) is 18.3 Å². The number of carbonyl (C=O) groups is 2. The Bertz CT molecular complexity index is 880. The number of nitrogens with zero attached hydrogens (tertiary/aromatic N) is 4. The van der Waals surface area contributed by atoms with Crippen molar-refractivity contribution >= 4 is 34.9 Å². The number of imide groups is 1. The molecule has 0 atom stereocenters. The number of aromatic nitrogens is 3. The minimum absolute atomic E-state index is 0.0922. The van der Waals surface area contributed by atoms with Gasteiger partial charge >= 0.3 is 0 Å². The molecule has 0 bridgehead atoms. The Balaban J connectivity index is 1.83. The second-order valence-corrected chi connectivity index (χ2v) is 5.96. The number of methoxy groups -OCH3 is 1. The Morgan fingerprint density at radius 3 is 2.52 bits per heavy atom. The van der Waals surface area contributed by atoms with Gasteiger partial charge in [0.1, 0.15) is 11.4 Å². The number of thiocarbonyl (C=S) groups is 1. The normalized spacial score (nSPS) is 14.1. The van der Waals surface area contributed by atoms with E-state index in [-0.39, 0.29) is 30.5 Å². The summed E-state index contributed by atoms with van der Waals surface area (Å²) in [6.45, 7) is -0.421. The van der Waals surface area contributed by atoms with Crippen molar-refractivity contribution in [2.24, 2.45) is 0 Å². The fourth-order valence-corrected chi connectivity index (χ4v) is 2.59. The summed E-state index contributed by atoms with van der Waals surface area (Å²) in [5.41, 5.74) is 0.113. The number of rotatable bonds is 4. The summed E-state index contributed by atoms with van der Waals surface area (Å²) in [5, 5.41) is 12.7. The summed E-state index contributed by atoms with van der Waals surface area (Å²) < 4.78 is 35.0. The molecule has 1 aromatic heterocycles. The van der Waals surface area contributed by atoms with Crippen LogP contribution >= 0.6 is 12.2 Å². The first-order valence-electron chi connectivity index (χ1n) is 7.67. The van der Waals surface area contributed by atoms with Crippen LogP contribution in [0.2, 0.25) is 0 Å². The maximum absolute atomic E-state index is 14.5. The van der Waals surface area contributed by atoms with E-state index in [0.29, 0.717) is 5.69 Å². The Morgan fingerprint density at radius 1 is 1.30 bits per heavy atom. The van der Waals surface area contributed by atoms with Gasteiger partial charge in [-0.25, -0.2) is 13.5 Å². The van der Waals surface area contributed by atoms with E-state index in [9.17, 15) is 18.4 Å². The number of carbonyl (C=O) groups excluding carboxylic acids is 2. The molecule has 2 amide bonds. The van der Waals surface area contributed by atoms with Crippen LogP contribution in [0.4, 0.5) is 14.5 Å². The van der Waals surface area contributed by atoms with Crippen LogP contribution in [-0.2, 0) is 20.9 Å². The van der Waals surface area contributed by atoms with Gasteiger partial charge in [-0.15, -0.1) is 5.10 Å². The van der Waals surface area contributed by atoms with Crippen LogP contribution in [0.25, 0.3) is 5.69 Å². The van der Waals surface area contributed by atoms with Gasteiger partial charge in [0.25, 0.3) is 5.17 Å². The Kier molecular flexibility index (Phi) is 5.26. The number of halogens is 2. The standard InChI is InChI=1S/C15H14F2N6O3S/c1-26-15(27)18-4-8-5-23(21-20-8)9-2-10(16)14(11(17)3-9)22-6-12(24)19-13(25)7-22/h2-3,5H,4,6-7H2,1H3,(H,18,27)(H,19,24,25). The van der Waals surface area contributed by atoms with Gasteiger partial charge < -0.3 is 15.0 Å². The molecule has 2 heterocycles. The molecule has 12 heteroatoms. The van der Waals surface area contributed by atoms with Gasteiger partial charge in [-0.05, 0) is 12.2 Å². The maximum Gasteiger partial charge on any atom is 0.256 e. The molecule has 0 spiro atoms. The Hall–Kier alpha value is -3.15. The number of anilines is 1. The topological polar surface area (TPSA) is 101 Å². The van der Waals surface area contributed by atoms with Crippen LogP contribution in [0.3, 0.4) is 0 Å². The molecule has 9 nitrogen and oxygen atoms in total. The molecule has 2 N–H and O–H groups in total. The second-order valence-electron chi connectivity index (χ2n) is 5.59. The molecular weight excluding hydrogens is 382 g/mol. The number of amides is 2. The van der Waals surface area contributed by atoms with Crippen LogP contribution in [0.1, 0.15) is 5.69 Å². The third-order valence-corrected chi connectivity index (χ3v) is 3.98. The minimum Gasteiger partial charge on any atom is -0.474 e. The highest BCUT2D eigenvalue weighted by Crippen LogP contribution is 2.27. The molecular formula is C15H14F2N6O3S. The first-order chi connectivity index (χ1) is 12.9. The lowest BCUT2D eigenvalue weighted by Gasteiger charge is -2.28. The van der Waals surface area contributed by atoms with Crippen LogP contribution in [0.5, 0.6) is 0 Å². The van der Waals surface area contributed by atoms with Crippen LogP contribution in [-0.4, -0.2) is 52.2 Å². The van der Waals surface area contributed by atoms with Gasteiger partial charge in [0.05, 0.1) is 38.6 Å². The number of piperazine rings is 1. The number of ether oxygens (including phenoxy) is 1. The molecule has 0 aliphatic carbocycles. The molecule has 0 saturated carbocycles. The smallest absolute Gasteiger partial charge is 0.256 e. The summed E-state index contributed by atoms with van der Waals surface area (Å²) in [5.74, 6) is -3.11. The van der Waals surface area contributed by atoms with Crippen molar-refractivity contribution in [3.05, 3.63) is 35.7 Å². The molecule has 1 aromatic carbocycles.